The summed E-state index contributed by atoms with van der Waals surface area (Å²) in [4.78, 5) is 35.6. The molecule has 1 aliphatic rings. The number of carbonyl (C=O) groups is 3. The van der Waals surface area contributed by atoms with Crippen LogP contribution in [0.5, 0.6) is 0 Å². The molecule has 0 aromatic heterocycles. The van der Waals surface area contributed by atoms with Crippen LogP contribution in [-0.2, 0) is 14.4 Å². The summed E-state index contributed by atoms with van der Waals surface area (Å²) in [6.07, 6.45) is 1.32. The molecule has 0 radical (unpaired) electrons. The molecule has 2 rings (SSSR count). The third kappa shape index (κ3) is 4.05. The number of benzene rings is 1. The number of amides is 3. The maximum absolute atomic E-state index is 11.9. The lowest BCUT2D eigenvalue weighted by atomic mass is 9.97. The third-order valence-corrected chi connectivity index (χ3v) is 4.08. The lowest BCUT2D eigenvalue weighted by molar-refractivity contribution is -0.141. The predicted octanol–water partition coefficient (Wildman–Crippen LogP) is 1.23. The average Bonchev–Trinajstić information content (AvgIpc) is 2.52. The number of halogens is 1. The monoisotopic (exact) mass is 323 g/mol. The van der Waals surface area contributed by atoms with Crippen LogP contribution in [0.1, 0.15) is 18.4 Å². The van der Waals surface area contributed by atoms with Crippen LogP contribution in [0.2, 0.25) is 5.02 Å². The maximum Gasteiger partial charge on any atom is 0.316 e. The highest BCUT2D eigenvalue weighted by molar-refractivity contribution is 6.42. The Morgan fingerprint density at radius 3 is 2.55 bits per heavy atom. The van der Waals surface area contributed by atoms with Gasteiger partial charge in [0.1, 0.15) is 0 Å². The van der Waals surface area contributed by atoms with Gasteiger partial charge in [-0.25, -0.2) is 0 Å². The number of anilines is 1. The summed E-state index contributed by atoms with van der Waals surface area (Å²) in [5.41, 5.74) is 1.11. The molecule has 1 heterocycles. The SMILES string of the molecule is Cc1c(Cl)cccc1NC(=O)C(=O)NC(=O)C1CCNCC1. The van der Waals surface area contributed by atoms with Crippen LogP contribution >= 0.6 is 11.6 Å². The molecule has 3 N–H and O–H groups in total. The van der Waals surface area contributed by atoms with Crippen molar-refractivity contribution in [3.63, 3.8) is 0 Å². The Balaban J connectivity index is 1.93. The molecule has 0 unspecified atom stereocenters. The molecule has 0 bridgehead atoms. The molecule has 1 fully saturated rings. The quantitative estimate of drug-likeness (QED) is 0.714. The molecule has 1 aliphatic heterocycles. The van der Waals surface area contributed by atoms with Gasteiger partial charge < -0.3 is 10.6 Å². The van der Waals surface area contributed by atoms with Crippen molar-refractivity contribution in [1.82, 2.24) is 10.6 Å². The standard InChI is InChI=1S/C15H18ClN3O3/c1-9-11(16)3-2-4-12(9)18-14(21)15(22)19-13(20)10-5-7-17-8-6-10/h2-4,10,17H,5-8H2,1H3,(H,18,21)(H,19,20,22). The van der Waals surface area contributed by atoms with Gasteiger partial charge in [0.05, 0.1) is 0 Å². The molecular formula is C15H18ClN3O3. The van der Waals surface area contributed by atoms with E-state index in [4.69, 9.17) is 11.6 Å². The molecular weight excluding hydrogens is 306 g/mol. The summed E-state index contributed by atoms with van der Waals surface area (Å²) >= 11 is 5.95. The zero-order chi connectivity index (χ0) is 16.1. The fraction of sp³-hybridized carbons (Fsp3) is 0.400. The van der Waals surface area contributed by atoms with Gasteiger partial charge in [0, 0.05) is 16.6 Å². The Morgan fingerprint density at radius 2 is 1.86 bits per heavy atom. The Labute approximate surface area is 133 Å². The molecule has 0 atom stereocenters. The van der Waals surface area contributed by atoms with Crippen molar-refractivity contribution < 1.29 is 14.4 Å². The summed E-state index contributed by atoms with van der Waals surface area (Å²) in [5.74, 6) is -2.47. The van der Waals surface area contributed by atoms with E-state index in [0.29, 0.717) is 29.1 Å². The highest BCUT2D eigenvalue weighted by atomic mass is 35.5. The number of nitrogens with one attached hydrogen (secondary N) is 3. The lowest BCUT2D eigenvalue weighted by Crippen LogP contribution is -2.44. The van der Waals surface area contributed by atoms with Gasteiger partial charge in [0.25, 0.3) is 0 Å². The third-order valence-electron chi connectivity index (χ3n) is 3.67. The first-order valence-corrected chi connectivity index (χ1v) is 7.49. The van der Waals surface area contributed by atoms with Crippen LogP contribution in [-0.4, -0.2) is 30.8 Å². The first-order chi connectivity index (χ1) is 10.5. The largest absolute Gasteiger partial charge is 0.317 e. The minimum Gasteiger partial charge on any atom is -0.317 e. The van der Waals surface area contributed by atoms with Gasteiger partial charge in [-0.05, 0) is 50.6 Å². The van der Waals surface area contributed by atoms with Crippen LogP contribution in [0.25, 0.3) is 0 Å². The normalized spacial score (nSPS) is 15.2. The van der Waals surface area contributed by atoms with E-state index >= 15 is 0 Å². The molecule has 1 aromatic rings. The second-order valence-corrected chi connectivity index (χ2v) is 5.62. The zero-order valence-electron chi connectivity index (χ0n) is 12.2. The Bertz CT molecular complexity index is 598. The number of rotatable bonds is 2. The van der Waals surface area contributed by atoms with Crippen LogP contribution in [0.15, 0.2) is 18.2 Å². The number of imide groups is 1. The van der Waals surface area contributed by atoms with Crippen molar-refractivity contribution in [1.29, 1.82) is 0 Å². The maximum atomic E-state index is 11.9. The van der Waals surface area contributed by atoms with Crippen molar-refractivity contribution >= 4 is 35.0 Å². The highest BCUT2D eigenvalue weighted by Crippen LogP contribution is 2.22. The molecule has 1 saturated heterocycles. The van der Waals surface area contributed by atoms with E-state index in [1.807, 2.05) is 0 Å². The molecule has 7 heteroatoms. The first-order valence-electron chi connectivity index (χ1n) is 7.11. The van der Waals surface area contributed by atoms with E-state index in [2.05, 4.69) is 16.0 Å². The summed E-state index contributed by atoms with van der Waals surface area (Å²) in [7, 11) is 0. The Kier molecular flexibility index (Phi) is 5.51. The zero-order valence-corrected chi connectivity index (χ0v) is 13.0. The molecule has 22 heavy (non-hydrogen) atoms. The second-order valence-electron chi connectivity index (χ2n) is 5.21. The van der Waals surface area contributed by atoms with Crippen LogP contribution in [0.4, 0.5) is 5.69 Å². The summed E-state index contributed by atoms with van der Waals surface area (Å²) in [6, 6.07) is 5.00. The van der Waals surface area contributed by atoms with E-state index in [0.717, 1.165) is 13.1 Å². The fourth-order valence-electron chi connectivity index (χ4n) is 2.28. The summed E-state index contributed by atoms with van der Waals surface area (Å²) in [5, 5.41) is 8.24. The lowest BCUT2D eigenvalue weighted by Gasteiger charge is -2.21. The van der Waals surface area contributed by atoms with Gasteiger partial charge in [0.15, 0.2) is 0 Å². The van der Waals surface area contributed by atoms with Crippen molar-refractivity contribution in [2.75, 3.05) is 18.4 Å². The fourth-order valence-corrected chi connectivity index (χ4v) is 2.45. The van der Waals surface area contributed by atoms with Crippen LogP contribution in [0.3, 0.4) is 0 Å². The molecule has 118 valence electrons. The van der Waals surface area contributed by atoms with Gasteiger partial charge >= 0.3 is 11.8 Å². The smallest absolute Gasteiger partial charge is 0.316 e. The van der Waals surface area contributed by atoms with E-state index < -0.39 is 17.7 Å². The van der Waals surface area contributed by atoms with Gasteiger partial charge in [-0.3, -0.25) is 19.7 Å². The van der Waals surface area contributed by atoms with E-state index in [1.165, 1.54) is 0 Å². The van der Waals surface area contributed by atoms with Gasteiger partial charge in [-0.1, -0.05) is 17.7 Å². The Morgan fingerprint density at radius 1 is 1.18 bits per heavy atom. The predicted molar refractivity (Wildman–Crippen MR) is 83.6 cm³/mol. The molecule has 1 aromatic carbocycles. The molecule has 6 nitrogen and oxygen atoms in total. The van der Waals surface area contributed by atoms with Crippen molar-refractivity contribution in [3.05, 3.63) is 28.8 Å². The van der Waals surface area contributed by atoms with Crippen molar-refractivity contribution in [2.45, 2.75) is 19.8 Å². The minimum absolute atomic E-state index is 0.231. The van der Waals surface area contributed by atoms with Crippen molar-refractivity contribution in [2.24, 2.45) is 5.92 Å². The summed E-state index contributed by atoms with van der Waals surface area (Å²) < 4.78 is 0. The van der Waals surface area contributed by atoms with Gasteiger partial charge in [-0.2, -0.15) is 0 Å². The van der Waals surface area contributed by atoms with Crippen LogP contribution < -0.4 is 16.0 Å². The minimum atomic E-state index is -0.956. The molecule has 0 saturated carbocycles. The van der Waals surface area contributed by atoms with Crippen LogP contribution in [0, 0.1) is 12.8 Å². The molecule has 3 amide bonds. The number of hydrogen-bond donors (Lipinski definition) is 3. The van der Waals surface area contributed by atoms with E-state index in [1.54, 1.807) is 25.1 Å². The molecule has 0 aliphatic carbocycles. The molecule has 0 spiro atoms. The van der Waals surface area contributed by atoms with Crippen molar-refractivity contribution in [3.8, 4) is 0 Å². The second kappa shape index (κ2) is 7.38. The number of carbonyl (C=O) groups excluding carboxylic acids is 3. The van der Waals surface area contributed by atoms with E-state index in [-0.39, 0.29) is 5.92 Å². The van der Waals surface area contributed by atoms with Gasteiger partial charge in [-0.15, -0.1) is 0 Å². The van der Waals surface area contributed by atoms with E-state index in [9.17, 15) is 14.4 Å². The Hall–Kier alpha value is -1.92. The summed E-state index contributed by atoms with van der Waals surface area (Å²) in [6.45, 7) is 3.20. The van der Waals surface area contributed by atoms with Gasteiger partial charge in [0.2, 0.25) is 5.91 Å². The topological polar surface area (TPSA) is 87.3 Å². The number of hydrogen-bond acceptors (Lipinski definition) is 4. The highest BCUT2D eigenvalue weighted by Gasteiger charge is 2.25. The first kappa shape index (κ1) is 16.5. The average molecular weight is 324 g/mol. The number of piperidine rings is 1.